The van der Waals surface area contributed by atoms with Gasteiger partial charge in [0.05, 0.1) is 19.2 Å². The van der Waals surface area contributed by atoms with Crippen LogP contribution < -0.4 is 9.47 Å². The zero-order chi connectivity index (χ0) is 13.1. The fourth-order valence-corrected chi connectivity index (χ4v) is 2.25. The van der Waals surface area contributed by atoms with Gasteiger partial charge in [0.1, 0.15) is 0 Å². The number of ether oxygens (including phenoxy) is 2. The van der Waals surface area contributed by atoms with E-state index in [9.17, 15) is 4.79 Å². The minimum absolute atomic E-state index is 0.116. The van der Waals surface area contributed by atoms with Crippen LogP contribution in [0.25, 0.3) is 0 Å². The fourth-order valence-electron chi connectivity index (χ4n) is 1.97. The predicted octanol–water partition coefficient (Wildman–Crippen LogP) is 3.73. The highest BCUT2D eigenvalue weighted by atomic mass is 35.5. The largest absolute Gasteiger partial charge is 0.493 e. The Morgan fingerprint density at radius 1 is 1.33 bits per heavy atom. The molecular weight excluding hydrogens is 252 g/mol. The molecule has 1 fully saturated rings. The SMILES string of the molecule is COc1cc(C(=O)CCC2CC2)cc(Cl)c1OC. The molecule has 2 rings (SSSR count). The van der Waals surface area contributed by atoms with E-state index in [0.717, 1.165) is 12.3 Å². The molecule has 0 saturated heterocycles. The Kier molecular flexibility index (Phi) is 4.12. The van der Waals surface area contributed by atoms with Gasteiger partial charge in [0, 0.05) is 12.0 Å². The smallest absolute Gasteiger partial charge is 0.179 e. The molecule has 18 heavy (non-hydrogen) atoms. The van der Waals surface area contributed by atoms with Crippen molar-refractivity contribution in [1.29, 1.82) is 0 Å². The van der Waals surface area contributed by atoms with E-state index in [1.54, 1.807) is 12.1 Å². The van der Waals surface area contributed by atoms with Gasteiger partial charge in [-0.25, -0.2) is 0 Å². The van der Waals surface area contributed by atoms with E-state index in [4.69, 9.17) is 21.1 Å². The molecule has 3 nitrogen and oxygen atoms in total. The molecule has 1 aliphatic rings. The molecule has 0 amide bonds. The summed E-state index contributed by atoms with van der Waals surface area (Å²) < 4.78 is 10.3. The number of methoxy groups -OCH3 is 2. The van der Waals surface area contributed by atoms with Crippen LogP contribution in [-0.2, 0) is 0 Å². The van der Waals surface area contributed by atoms with Crippen molar-refractivity contribution in [2.45, 2.75) is 25.7 Å². The summed E-state index contributed by atoms with van der Waals surface area (Å²) in [4.78, 5) is 12.0. The molecule has 0 N–H and O–H groups in total. The number of hydrogen-bond donors (Lipinski definition) is 0. The van der Waals surface area contributed by atoms with Crippen molar-refractivity contribution in [2.24, 2.45) is 5.92 Å². The summed E-state index contributed by atoms with van der Waals surface area (Å²) in [6.45, 7) is 0. The van der Waals surface area contributed by atoms with E-state index in [1.807, 2.05) is 0 Å². The number of benzene rings is 1. The topological polar surface area (TPSA) is 35.5 Å². The van der Waals surface area contributed by atoms with Gasteiger partial charge in [0.15, 0.2) is 17.3 Å². The maximum Gasteiger partial charge on any atom is 0.179 e. The number of hydrogen-bond acceptors (Lipinski definition) is 3. The first-order valence-corrected chi connectivity index (χ1v) is 6.48. The first-order chi connectivity index (χ1) is 8.65. The van der Waals surface area contributed by atoms with Gasteiger partial charge in [-0.3, -0.25) is 4.79 Å². The minimum Gasteiger partial charge on any atom is -0.493 e. The number of ketones is 1. The molecule has 4 heteroatoms. The summed E-state index contributed by atoms with van der Waals surface area (Å²) in [5, 5.41) is 0.409. The molecule has 0 atom stereocenters. The number of carbonyl (C=O) groups excluding carboxylic acids is 1. The zero-order valence-electron chi connectivity index (χ0n) is 10.7. The Bertz CT molecular complexity index is 453. The monoisotopic (exact) mass is 268 g/mol. The lowest BCUT2D eigenvalue weighted by molar-refractivity contribution is 0.0977. The lowest BCUT2D eigenvalue weighted by Crippen LogP contribution is -2.01. The molecule has 1 aromatic rings. The Hall–Kier alpha value is -1.22. The molecule has 0 radical (unpaired) electrons. The average molecular weight is 269 g/mol. The number of halogens is 1. The lowest BCUT2D eigenvalue weighted by Gasteiger charge is -2.11. The molecule has 0 unspecified atom stereocenters. The standard InChI is InChI=1S/C14H17ClO3/c1-17-13-8-10(7-11(15)14(13)18-2)12(16)6-5-9-3-4-9/h7-9H,3-6H2,1-2H3. The van der Waals surface area contributed by atoms with Gasteiger partial charge in [0.2, 0.25) is 0 Å². The van der Waals surface area contributed by atoms with Crippen molar-refractivity contribution in [3.05, 3.63) is 22.7 Å². The van der Waals surface area contributed by atoms with Gasteiger partial charge in [-0.05, 0) is 24.5 Å². The summed E-state index contributed by atoms with van der Waals surface area (Å²) in [5.74, 6) is 1.84. The van der Waals surface area contributed by atoms with Crippen molar-refractivity contribution in [3.8, 4) is 11.5 Å². The Labute approximate surface area is 112 Å². The summed E-state index contributed by atoms with van der Waals surface area (Å²) in [6, 6.07) is 3.35. The molecule has 1 aliphatic carbocycles. The third-order valence-electron chi connectivity index (χ3n) is 3.23. The first-order valence-electron chi connectivity index (χ1n) is 6.10. The highest BCUT2D eigenvalue weighted by molar-refractivity contribution is 6.32. The van der Waals surface area contributed by atoms with E-state index in [1.165, 1.54) is 27.1 Å². The summed E-state index contributed by atoms with van der Waals surface area (Å²) in [5.41, 5.74) is 0.596. The van der Waals surface area contributed by atoms with Crippen LogP contribution >= 0.6 is 11.6 Å². The van der Waals surface area contributed by atoms with Crippen LogP contribution in [0.15, 0.2) is 12.1 Å². The van der Waals surface area contributed by atoms with E-state index in [0.29, 0.717) is 28.5 Å². The van der Waals surface area contributed by atoms with E-state index >= 15 is 0 Å². The quantitative estimate of drug-likeness (QED) is 0.738. The number of rotatable bonds is 6. The van der Waals surface area contributed by atoms with Crippen LogP contribution in [0.3, 0.4) is 0 Å². The van der Waals surface area contributed by atoms with Crippen molar-refractivity contribution < 1.29 is 14.3 Å². The number of carbonyl (C=O) groups is 1. The van der Waals surface area contributed by atoms with Crippen LogP contribution in [0, 0.1) is 5.92 Å². The van der Waals surface area contributed by atoms with Gasteiger partial charge >= 0.3 is 0 Å². The maximum absolute atomic E-state index is 12.0. The molecule has 0 aliphatic heterocycles. The van der Waals surface area contributed by atoms with E-state index in [2.05, 4.69) is 0 Å². The lowest BCUT2D eigenvalue weighted by atomic mass is 10.0. The zero-order valence-corrected chi connectivity index (χ0v) is 11.4. The fraction of sp³-hybridized carbons (Fsp3) is 0.500. The highest BCUT2D eigenvalue weighted by Crippen LogP contribution is 2.37. The third kappa shape index (κ3) is 2.96. The highest BCUT2D eigenvalue weighted by Gasteiger charge is 2.23. The third-order valence-corrected chi connectivity index (χ3v) is 3.51. The van der Waals surface area contributed by atoms with Gasteiger partial charge in [-0.15, -0.1) is 0 Å². The summed E-state index contributed by atoms with van der Waals surface area (Å²) >= 11 is 6.08. The van der Waals surface area contributed by atoms with E-state index in [-0.39, 0.29) is 5.78 Å². The van der Waals surface area contributed by atoms with Crippen molar-refractivity contribution in [2.75, 3.05) is 14.2 Å². The summed E-state index contributed by atoms with van der Waals surface area (Å²) in [6.07, 6.45) is 4.08. The second kappa shape index (κ2) is 5.61. The van der Waals surface area contributed by atoms with Crippen LogP contribution in [0.4, 0.5) is 0 Å². The first kappa shape index (κ1) is 13.2. The van der Waals surface area contributed by atoms with Crippen molar-refractivity contribution in [3.63, 3.8) is 0 Å². The molecule has 0 bridgehead atoms. The second-order valence-corrected chi connectivity index (χ2v) is 5.01. The molecule has 1 saturated carbocycles. The Morgan fingerprint density at radius 2 is 2.06 bits per heavy atom. The maximum atomic E-state index is 12.0. The molecule has 0 aromatic heterocycles. The van der Waals surface area contributed by atoms with Crippen molar-refractivity contribution >= 4 is 17.4 Å². The van der Waals surface area contributed by atoms with E-state index < -0.39 is 0 Å². The van der Waals surface area contributed by atoms with Gasteiger partial charge in [-0.2, -0.15) is 0 Å². The Balaban J connectivity index is 2.16. The van der Waals surface area contributed by atoms with Crippen LogP contribution in [0.1, 0.15) is 36.0 Å². The second-order valence-electron chi connectivity index (χ2n) is 4.60. The molecule has 0 heterocycles. The van der Waals surface area contributed by atoms with Crippen LogP contribution in [0.5, 0.6) is 11.5 Å². The van der Waals surface area contributed by atoms with Gasteiger partial charge in [-0.1, -0.05) is 24.4 Å². The summed E-state index contributed by atoms with van der Waals surface area (Å²) in [7, 11) is 3.06. The van der Waals surface area contributed by atoms with Crippen LogP contribution in [0.2, 0.25) is 5.02 Å². The molecule has 0 spiro atoms. The van der Waals surface area contributed by atoms with Crippen molar-refractivity contribution in [1.82, 2.24) is 0 Å². The van der Waals surface area contributed by atoms with Gasteiger partial charge < -0.3 is 9.47 Å². The molecular formula is C14H17ClO3. The predicted molar refractivity (Wildman–Crippen MR) is 70.8 cm³/mol. The molecule has 98 valence electrons. The Morgan fingerprint density at radius 3 is 2.61 bits per heavy atom. The molecule has 1 aromatic carbocycles. The normalized spacial score (nSPS) is 14.4. The minimum atomic E-state index is 0.116. The average Bonchev–Trinajstić information content (AvgIpc) is 3.18. The van der Waals surface area contributed by atoms with Gasteiger partial charge in [0.25, 0.3) is 0 Å². The van der Waals surface area contributed by atoms with Crippen LogP contribution in [-0.4, -0.2) is 20.0 Å². The number of Topliss-reactive ketones (excluding diaryl/α,β-unsaturated/α-hetero) is 1.